The average molecular weight is 302 g/mol. The number of aryl methyl sites for hydroxylation is 1. The number of benzene rings is 1. The van der Waals surface area contributed by atoms with Gasteiger partial charge in [0.05, 0.1) is 13.0 Å². The summed E-state index contributed by atoms with van der Waals surface area (Å²) >= 11 is 1.66. The molecule has 1 aromatic carbocycles. The van der Waals surface area contributed by atoms with Gasteiger partial charge in [-0.05, 0) is 41.5 Å². The zero-order chi connectivity index (χ0) is 14.7. The molecular weight excluding hydrogens is 284 g/mol. The summed E-state index contributed by atoms with van der Waals surface area (Å²) in [6.45, 7) is 2.72. The predicted molar refractivity (Wildman–Crippen MR) is 82.8 cm³/mol. The van der Waals surface area contributed by atoms with E-state index in [2.05, 4.69) is 18.4 Å². The molecule has 2 heterocycles. The van der Waals surface area contributed by atoms with Crippen LogP contribution in [0.1, 0.15) is 35.5 Å². The predicted octanol–water partition coefficient (Wildman–Crippen LogP) is 3.92. The minimum Gasteiger partial charge on any atom is -0.426 e. The number of hydrogen-bond acceptors (Lipinski definition) is 4. The fraction of sp³-hybridized carbons (Fsp3) is 0.353. The Morgan fingerprint density at radius 1 is 1.38 bits per heavy atom. The van der Waals surface area contributed by atoms with Crippen LogP contribution < -0.4 is 4.74 Å². The third-order valence-corrected chi connectivity index (χ3v) is 4.74. The number of hydrogen-bond donors (Lipinski definition) is 0. The van der Waals surface area contributed by atoms with Crippen molar-refractivity contribution in [1.29, 1.82) is 0 Å². The van der Waals surface area contributed by atoms with Gasteiger partial charge in [0.2, 0.25) is 0 Å². The van der Waals surface area contributed by atoms with Gasteiger partial charge in [-0.25, -0.2) is 0 Å². The zero-order valence-corrected chi connectivity index (χ0v) is 12.8. The third-order valence-electron chi connectivity index (χ3n) is 3.69. The molecule has 0 fully saturated rings. The second-order valence-electron chi connectivity index (χ2n) is 5.06. The van der Waals surface area contributed by atoms with Crippen LogP contribution >= 0.6 is 11.3 Å². The van der Waals surface area contributed by atoms with Gasteiger partial charge in [0.15, 0.2) is 0 Å². The molecule has 3 nitrogen and oxygen atoms in total. The number of fused-ring (bicyclic) bond motifs is 1. The molecule has 0 saturated heterocycles. The van der Waals surface area contributed by atoms with Crippen molar-refractivity contribution in [3.63, 3.8) is 0 Å². The van der Waals surface area contributed by atoms with Gasteiger partial charge in [0.1, 0.15) is 11.9 Å². The topological polar surface area (TPSA) is 35.5 Å². The highest BCUT2D eigenvalue weighted by Gasteiger charge is 2.25. The molecule has 1 aliphatic rings. The summed E-state index contributed by atoms with van der Waals surface area (Å²) in [5.41, 5.74) is 2.35. The lowest BCUT2D eigenvalue weighted by Gasteiger charge is -2.22. The van der Waals surface area contributed by atoms with Crippen molar-refractivity contribution in [3.05, 3.63) is 51.7 Å². The van der Waals surface area contributed by atoms with Crippen LogP contribution in [-0.2, 0) is 22.4 Å². The molecule has 0 bridgehead atoms. The van der Waals surface area contributed by atoms with E-state index in [0.29, 0.717) is 12.4 Å². The molecule has 3 rings (SSSR count). The molecule has 21 heavy (non-hydrogen) atoms. The molecule has 4 heteroatoms. The van der Waals surface area contributed by atoms with Crippen molar-refractivity contribution in [2.75, 3.05) is 6.61 Å². The highest BCUT2D eigenvalue weighted by Crippen LogP contribution is 2.34. The lowest BCUT2D eigenvalue weighted by atomic mass is 10.1. The molecule has 110 valence electrons. The van der Waals surface area contributed by atoms with Crippen molar-refractivity contribution in [3.8, 4) is 5.75 Å². The zero-order valence-electron chi connectivity index (χ0n) is 12.0. The molecule has 0 spiro atoms. The quantitative estimate of drug-likeness (QED) is 0.634. The van der Waals surface area contributed by atoms with Gasteiger partial charge in [-0.3, -0.25) is 4.79 Å². The van der Waals surface area contributed by atoms with E-state index in [9.17, 15) is 4.79 Å². The van der Waals surface area contributed by atoms with Crippen LogP contribution in [0.5, 0.6) is 5.75 Å². The largest absolute Gasteiger partial charge is 0.426 e. The first-order chi connectivity index (χ1) is 10.3. The molecule has 1 atom stereocenters. The molecule has 0 aliphatic carbocycles. The van der Waals surface area contributed by atoms with E-state index in [1.807, 2.05) is 24.3 Å². The Hall–Kier alpha value is -1.65. The first-order valence-corrected chi connectivity index (χ1v) is 8.12. The fourth-order valence-corrected chi connectivity index (χ4v) is 3.59. The SMILES string of the molecule is CCc1ccccc1OC(=O)CC1OCCc2ccsc21. The second kappa shape index (κ2) is 6.41. The van der Waals surface area contributed by atoms with E-state index < -0.39 is 0 Å². The molecule has 0 N–H and O–H groups in total. The smallest absolute Gasteiger partial charge is 0.314 e. The Labute approximate surface area is 128 Å². The fourth-order valence-electron chi connectivity index (χ4n) is 2.59. The van der Waals surface area contributed by atoms with Crippen LogP contribution in [0, 0.1) is 0 Å². The summed E-state index contributed by atoms with van der Waals surface area (Å²) < 4.78 is 11.3. The summed E-state index contributed by atoms with van der Waals surface area (Å²) in [5, 5.41) is 2.06. The molecule has 0 amide bonds. The summed E-state index contributed by atoms with van der Waals surface area (Å²) in [6.07, 6.45) is 1.89. The third kappa shape index (κ3) is 3.17. The first kappa shape index (κ1) is 14.3. The maximum atomic E-state index is 12.2. The highest BCUT2D eigenvalue weighted by molar-refractivity contribution is 7.10. The van der Waals surface area contributed by atoms with E-state index in [1.165, 1.54) is 10.4 Å². The summed E-state index contributed by atoms with van der Waals surface area (Å²) in [7, 11) is 0. The standard InChI is InChI=1S/C17H18O3S/c1-2-12-5-3-4-6-14(12)20-16(18)11-15-17-13(7-9-19-15)8-10-21-17/h3-6,8,10,15H,2,7,9,11H2,1H3. The van der Waals surface area contributed by atoms with E-state index in [0.717, 1.165) is 18.4 Å². The minimum absolute atomic E-state index is 0.157. The van der Waals surface area contributed by atoms with Crippen LogP contribution in [0.25, 0.3) is 0 Å². The first-order valence-electron chi connectivity index (χ1n) is 7.24. The molecule has 1 aromatic heterocycles. The van der Waals surface area contributed by atoms with Gasteiger partial charge in [-0.1, -0.05) is 25.1 Å². The number of ether oxygens (including phenoxy) is 2. The summed E-state index contributed by atoms with van der Waals surface area (Å²) in [6, 6.07) is 9.79. The number of thiophene rings is 1. The van der Waals surface area contributed by atoms with E-state index >= 15 is 0 Å². The van der Waals surface area contributed by atoms with Crippen LogP contribution in [0.15, 0.2) is 35.7 Å². The lowest BCUT2D eigenvalue weighted by molar-refractivity contribution is -0.137. The maximum Gasteiger partial charge on any atom is 0.314 e. The minimum atomic E-state index is -0.234. The Balaban J connectivity index is 1.68. The van der Waals surface area contributed by atoms with Crippen LogP contribution in [0.2, 0.25) is 0 Å². The van der Waals surface area contributed by atoms with Crippen LogP contribution in [0.4, 0.5) is 0 Å². The molecule has 0 saturated carbocycles. The van der Waals surface area contributed by atoms with Gasteiger partial charge < -0.3 is 9.47 Å². The number of rotatable bonds is 4. The second-order valence-corrected chi connectivity index (χ2v) is 6.01. The van der Waals surface area contributed by atoms with Gasteiger partial charge in [-0.15, -0.1) is 11.3 Å². The Morgan fingerprint density at radius 3 is 3.10 bits per heavy atom. The maximum absolute atomic E-state index is 12.2. The number of carbonyl (C=O) groups is 1. The average Bonchev–Trinajstić information content (AvgIpc) is 2.97. The number of para-hydroxylation sites is 1. The van der Waals surface area contributed by atoms with Crippen LogP contribution in [-0.4, -0.2) is 12.6 Å². The molecule has 2 aromatic rings. The lowest BCUT2D eigenvalue weighted by Crippen LogP contribution is -2.20. The molecule has 1 aliphatic heterocycles. The van der Waals surface area contributed by atoms with Gasteiger partial charge in [0.25, 0.3) is 0 Å². The van der Waals surface area contributed by atoms with Gasteiger partial charge in [-0.2, -0.15) is 0 Å². The van der Waals surface area contributed by atoms with Crippen LogP contribution in [0.3, 0.4) is 0 Å². The normalized spacial score (nSPS) is 17.3. The van der Waals surface area contributed by atoms with E-state index in [-0.39, 0.29) is 18.5 Å². The van der Waals surface area contributed by atoms with Crippen molar-refractivity contribution in [2.24, 2.45) is 0 Å². The summed E-state index contributed by atoms with van der Waals surface area (Å²) in [5.74, 6) is 0.425. The number of esters is 1. The van der Waals surface area contributed by atoms with Gasteiger partial charge in [0, 0.05) is 4.88 Å². The molecular formula is C17H18O3S. The Kier molecular flexibility index (Phi) is 4.36. The van der Waals surface area contributed by atoms with Crippen molar-refractivity contribution >= 4 is 17.3 Å². The van der Waals surface area contributed by atoms with E-state index in [4.69, 9.17) is 9.47 Å². The molecule has 1 unspecified atom stereocenters. The Morgan fingerprint density at radius 2 is 2.24 bits per heavy atom. The highest BCUT2D eigenvalue weighted by atomic mass is 32.1. The van der Waals surface area contributed by atoms with Crippen molar-refractivity contribution in [1.82, 2.24) is 0 Å². The monoisotopic (exact) mass is 302 g/mol. The van der Waals surface area contributed by atoms with Crippen molar-refractivity contribution in [2.45, 2.75) is 32.3 Å². The molecule has 0 radical (unpaired) electrons. The summed E-state index contributed by atoms with van der Waals surface area (Å²) in [4.78, 5) is 13.4. The number of carbonyl (C=O) groups excluding carboxylic acids is 1. The van der Waals surface area contributed by atoms with Gasteiger partial charge >= 0.3 is 5.97 Å². The van der Waals surface area contributed by atoms with E-state index in [1.54, 1.807) is 11.3 Å². The Bertz CT molecular complexity index is 632. The van der Waals surface area contributed by atoms with Crippen molar-refractivity contribution < 1.29 is 14.3 Å².